The van der Waals surface area contributed by atoms with E-state index in [1.807, 2.05) is 0 Å². The second kappa shape index (κ2) is 6.35. The normalized spacial score (nSPS) is 16.0. The highest BCUT2D eigenvalue weighted by molar-refractivity contribution is 9.10. The minimum Gasteiger partial charge on any atom is -0.450 e. The smallest absolute Gasteiger partial charge is 0.297 e. The van der Waals surface area contributed by atoms with Gasteiger partial charge < -0.3 is 4.42 Å². The lowest BCUT2D eigenvalue weighted by molar-refractivity contribution is 0.0971. The summed E-state index contributed by atoms with van der Waals surface area (Å²) in [6.07, 6.45) is 1.58. The molecule has 1 aliphatic heterocycles. The van der Waals surface area contributed by atoms with Crippen molar-refractivity contribution in [1.82, 2.24) is 4.98 Å². The number of anilines is 1. The number of carbonyl (C=O) groups is 1. The molecule has 0 radical (unpaired) electrons. The van der Waals surface area contributed by atoms with Crippen molar-refractivity contribution in [1.29, 1.82) is 0 Å². The van der Waals surface area contributed by atoms with Gasteiger partial charge in [-0.3, -0.25) is 14.5 Å². The first-order chi connectivity index (χ1) is 13.5. The van der Waals surface area contributed by atoms with Gasteiger partial charge in [-0.1, -0.05) is 28.1 Å². The molecule has 1 aliphatic rings. The zero-order valence-electron chi connectivity index (χ0n) is 14.1. The topological polar surface area (TPSA) is 63.4 Å². The molecule has 0 bridgehead atoms. The largest absolute Gasteiger partial charge is 0.450 e. The van der Waals surface area contributed by atoms with Crippen molar-refractivity contribution < 1.29 is 13.6 Å². The number of halogens is 2. The number of aromatic nitrogens is 1. The highest BCUT2D eigenvalue weighted by Gasteiger charge is 2.44. The molecule has 2 aromatic heterocycles. The van der Waals surface area contributed by atoms with Crippen molar-refractivity contribution in [3.8, 4) is 0 Å². The molecule has 3 heterocycles. The summed E-state index contributed by atoms with van der Waals surface area (Å²) in [4.78, 5) is 32.2. The molecule has 28 heavy (non-hydrogen) atoms. The zero-order chi connectivity index (χ0) is 19.4. The number of hydrogen-bond donors (Lipinski definition) is 0. The minimum atomic E-state index is -0.742. The first-order valence-corrected chi connectivity index (χ1v) is 9.96. The van der Waals surface area contributed by atoms with Gasteiger partial charge in [-0.2, -0.15) is 0 Å². The average molecular weight is 457 g/mol. The molecule has 1 amide bonds. The van der Waals surface area contributed by atoms with Crippen molar-refractivity contribution in [2.24, 2.45) is 0 Å². The predicted octanol–water partition coefficient (Wildman–Crippen LogP) is 4.90. The Morgan fingerprint density at radius 1 is 1.14 bits per heavy atom. The van der Waals surface area contributed by atoms with Crippen LogP contribution in [0.2, 0.25) is 0 Å². The van der Waals surface area contributed by atoms with Gasteiger partial charge in [0.15, 0.2) is 10.6 Å². The Labute approximate surface area is 170 Å². The van der Waals surface area contributed by atoms with Crippen LogP contribution in [0.1, 0.15) is 27.7 Å². The standard InChI is InChI=1S/C20H10BrFN2O3S/c21-11-3-6-14-13(9-11)17(25)15-16(10-1-4-12(22)5-2-10)24(19(26)18(15)27-14)20-23-7-8-28-20/h1-9,16H/t16-/m1/s1. The second-order valence-corrected chi connectivity index (χ2v) is 8.05. The monoisotopic (exact) mass is 456 g/mol. The summed E-state index contributed by atoms with van der Waals surface area (Å²) in [5.74, 6) is -0.853. The molecule has 4 aromatic rings. The quantitative estimate of drug-likeness (QED) is 0.430. The van der Waals surface area contributed by atoms with Gasteiger partial charge in [0.25, 0.3) is 5.91 Å². The summed E-state index contributed by atoms with van der Waals surface area (Å²) in [6.45, 7) is 0. The Morgan fingerprint density at radius 3 is 2.64 bits per heavy atom. The highest BCUT2D eigenvalue weighted by Crippen LogP contribution is 2.41. The molecule has 5 nitrogen and oxygen atoms in total. The summed E-state index contributed by atoms with van der Waals surface area (Å²) < 4.78 is 20.0. The van der Waals surface area contributed by atoms with E-state index in [4.69, 9.17) is 4.42 Å². The van der Waals surface area contributed by atoms with Crippen LogP contribution in [0.25, 0.3) is 11.0 Å². The van der Waals surface area contributed by atoms with Crippen LogP contribution in [-0.2, 0) is 0 Å². The van der Waals surface area contributed by atoms with Crippen molar-refractivity contribution in [2.45, 2.75) is 6.04 Å². The average Bonchev–Trinajstić information content (AvgIpc) is 3.30. The number of rotatable bonds is 2. The van der Waals surface area contributed by atoms with Gasteiger partial charge in [-0.25, -0.2) is 9.37 Å². The summed E-state index contributed by atoms with van der Waals surface area (Å²) in [5, 5.41) is 2.56. The molecule has 8 heteroatoms. The molecule has 1 atom stereocenters. The van der Waals surface area contributed by atoms with Gasteiger partial charge in [0, 0.05) is 16.0 Å². The van der Waals surface area contributed by atoms with Crippen LogP contribution in [0.5, 0.6) is 0 Å². The van der Waals surface area contributed by atoms with Gasteiger partial charge in [-0.05, 0) is 35.9 Å². The molecule has 138 valence electrons. The molecular formula is C20H10BrFN2O3S. The second-order valence-electron chi connectivity index (χ2n) is 6.26. The van der Waals surface area contributed by atoms with E-state index in [9.17, 15) is 14.0 Å². The molecule has 2 aromatic carbocycles. The Balaban J connectivity index is 1.83. The number of nitrogens with zero attached hydrogens (tertiary/aromatic N) is 2. The number of amides is 1. The third-order valence-electron chi connectivity index (χ3n) is 4.64. The van der Waals surface area contributed by atoms with Crippen LogP contribution in [0.4, 0.5) is 9.52 Å². The lowest BCUT2D eigenvalue weighted by Gasteiger charge is -2.22. The summed E-state index contributed by atoms with van der Waals surface area (Å²) >= 11 is 4.64. The van der Waals surface area contributed by atoms with Crippen molar-refractivity contribution in [3.63, 3.8) is 0 Å². The fraction of sp³-hybridized carbons (Fsp3) is 0.0500. The number of benzene rings is 2. The lowest BCUT2D eigenvalue weighted by atomic mass is 9.99. The molecule has 5 rings (SSSR count). The number of hydrogen-bond acceptors (Lipinski definition) is 5. The summed E-state index contributed by atoms with van der Waals surface area (Å²) in [6, 6.07) is 10.0. The van der Waals surface area contributed by atoms with Crippen LogP contribution in [0.15, 0.2) is 67.7 Å². The van der Waals surface area contributed by atoms with Gasteiger partial charge in [-0.15, -0.1) is 11.3 Å². The summed E-state index contributed by atoms with van der Waals surface area (Å²) in [5.41, 5.74) is 0.876. The third kappa shape index (κ3) is 2.52. The van der Waals surface area contributed by atoms with E-state index in [0.717, 1.165) is 4.47 Å². The van der Waals surface area contributed by atoms with E-state index < -0.39 is 17.8 Å². The Kier molecular flexibility index (Phi) is 3.92. The molecule has 0 unspecified atom stereocenters. The van der Waals surface area contributed by atoms with Crippen LogP contribution >= 0.6 is 27.3 Å². The van der Waals surface area contributed by atoms with Gasteiger partial charge in [0.2, 0.25) is 5.76 Å². The SMILES string of the molecule is O=C1c2oc3ccc(Br)cc3c(=O)c2[C@@H](c2ccc(F)cc2)N1c1nccs1. The Hall–Kier alpha value is -2.84. The first kappa shape index (κ1) is 17.3. The van der Waals surface area contributed by atoms with E-state index in [-0.39, 0.29) is 16.8 Å². The lowest BCUT2D eigenvalue weighted by Crippen LogP contribution is -2.29. The fourth-order valence-corrected chi connectivity index (χ4v) is 4.47. The van der Waals surface area contributed by atoms with E-state index in [1.54, 1.807) is 41.9 Å². The van der Waals surface area contributed by atoms with Crippen LogP contribution in [0.3, 0.4) is 0 Å². The molecule has 0 aliphatic carbocycles. The molecule has 0 saturated heterocycles. The number of thiazole rings is 1. The Bertz CT molecular complexity index is 1290. The number of carbonyl (C=O) groups excluding carboxylic acids is 1. The molecular weight excluding hydrogens is 447 g/mol. The van der Waals surface area contributed by atoms with E-state index in [1.165, 1.54) is 28.4 Å². The molecule has 0 spiro atoms. The van der Waals surface area contributed by atoms with E-state index in [2.05, 4.69) is 20.9 Å². The van der Waals surface area contributed by atoms with Crippen molar-refractivity contribution >= 4 is 49.3 Å². The predicted molar refractivity (Wildman–Crippen MR) is 107 cm³/mol. The molecule has 0 N–H and O–H groups in total. The summed E-state index contributed by atoms with van der Waals surface area (Å²) in [7, 11) is 0. The maximum atomic E-state index is 13.5. The van der Waals surface area contributed by atoms with Crippen LogP contribution in [0, 0.1) is 5.82 Å². The van der Waals surface area contributed by atoms with Gasteiger partial charge in [0.05, 0.1) is 17.0 Å². The maximum absolute atomic E-state index is 13.5. The van der Waals surface area contributed by atoms with E-state index >= 15 is 0 Å². The highest BCUT2D eigenvalue weighted by atomic mass is 79.9. The fourth-order valence-electron chi connectivity index (χ4n) is 3.44. The third-order valence-corrected chi connectivity index (χ3v) is 5.91. The van der Waals surface area contributed by atoms with Gasteiger partial charge >= 0.3 is 0 Å². The minimum absolute atomic E-state index is 0.00986. The van der Waals surface area contributed by atoms with E-state index in [0.29, 0.717) is 21.7 Å². The Morgan fingerprint density at radius 2 is 1.93 bits per heavy atom. The zero-order valence-corrected chi connectivity index (χ0v) is 16.5. The molecule has 0 fully saturated rings. The molecule has 0 saturated carbocycles. The maximum Gasteiger partial charge on any atom is 0.297 e. The van der Waals surface area contributed by atoms with Crippen LogP contribution < -0.4 is 10.3 Å². The van der Waals surface area contributed by atoms with Crippen molar-refractivity contribution in [2.75, 3.05) is 4.90 Å². The van der Waals surface area contributed by atoms with Gasteiger partial charge in [0.1, 0.15) is 11.4 Å². The van der Waals surface area contributed by atoms with Crippen LogP contribution in [-0.4, -0.2) is 10.9 Å². The van der Waals surface area contributed by atoms with Crippen molar-refractivity contribution in [3.05, 3.63) is 91.4 Å². The number of fused-ring (bicyclic) bond motifs is 2. The first-order valence-electron chi connectivity index (χ1n) is 8.29.